The zero-order valence-electron chi connectivity index (χ0n) is 15.5. The zero-order valence-corrected chi connectivity index (χ0v) is 15.5. The van der Waals surface area contributed by atoms with E-state index >= 15 is 0 Å². The molecule has 1 fully saturated rings. The van der Waals surface area contributed by atoms with Crippen LogP contribution in [0.3, 0.4) is 0 Å². The molecule has 1 aromatic rings. The van der Waals surface area contributed by atoms with Crippen molar-refractivity contribution in [1.82, 2.24) is 24.9 Å². The predicted molar refractivity (Wildman–Crippen MR) is 98.9 cm³/mol. The van der Waals surface area contributed by atoms with Gasteiger partial charge in [-0.15, -0.1) is 0 Å². The van der Waals surface area contributed by atoms with Gasteiger partial charge in [0.2, 0.25) is 0 Å². The van der Waals surface area contributed by atoms with E-state index in [4.69, 9.17) is 4.74 Å². The number of rotatable bonds is 10. The number of nitrogens with one attached hydrogen (secondary N) is 2. The van der Waals surface area contributed by atoms with Crippen LogP contribution in [0.2, 0.25) is 0 Å². The maximum atomic E-state index is 11.9. The molecule has 0 bridgehead atoms. The van der Waals surface area contributed by atoms with E-state index in [1.54, 1.807) is 24.2 Å². The summed E-state index contributed by atoms with van der Waals surface area (Å²) >= 11 is 0. The Morgan fingerprint density at radius 3 is 2.68 bits per heavy atom. The first-order chi connectivity index (χ1) is 12.2. The molecule has 0 radical (unpaired) electrons. The number of anilines is 1. The average Bonchev–Trinajstić information content (AvgIpc) is 3.07. The minimum absolute atomic E-state index is 0.178. The summed E-state index contributed by atoms with van der Waals surface area (Å²) < 4.78 is 6.75. The molecule has 142 valence electrons. The topological polar surface area (TPSA) is 74.7 Å². The number of urea groups is 1. The molecule has 0 spiro atoms. The number of likely N-dealkylation sites (N-methyl/N-ethyl adjacent to an activating group) is 1. The average molecular weight is 352 g/mol. The molecule has 2 rings (SSSR count). The first-order valence-corrected chi connectivity index (χ1v) is 9.22. The second kappa shape index (κ2) is 11.1. The van der Waals surface area contributed by atoms with Crippen LogP contribution >= 0.6 is 0 Å². The summed E-state index contributed by atoms with van der Waals surface area (Å²) in [6.07, 6.45) is 5.55. The number of methoxy groups -OCH3 is 1. The number of hydrogen-bond acceptors (Lipinski definition) is 5. The molecular weight excluding hydrogens is 320 g/mol. The van der Waals surface area contributed by atoms with Gasteiger partial charge in [-0.1, -0.05) is 6.92 Å². The summed E-state index contributed by atoms with van der Waals surface area (Å²) in [7, 11) is 1.65. The van der Waals surface area contributed by atoms with Crippen LogP contribution in [-0.4, -0.2) is 85.1 Å². The third-order valence-electron chi connectivity index (χ3n) is 4.51. The van der Waals surface area contributed by atoms with Crippen molar-refractivity contribution in [2.24, 2.45) is 0 Å². The molecule has 1 aliphatic rings. The van der Waals surface area contributed by atoms with Gasteiger partial charge in [0.25, 0.3) is 0 Å². The Morgan fingerprint density at radius 1 is 1.20 bits per heavy atom. The number of aromatic nitrogens is 2. The number of carbonyl (C=O) groups excluding carboxylic acids is 1. The number of piperazine rings is 1. The normalized spacial score (nSPS) is 16.1. The van der Waals surface area contributed by atoms with Gasteiger partial charge in [0.1, 0.15) is 0 Å². The molecule has 1 aromatic heterocycles. The quantitative estimate of drug-likeness (QED) is 0.616. The van der Waals surface area contributed by atoms with E-state index in [1.807, 2.05) is 0 Å². The molecule has 0 atom stereocenters. The van der Waals surface area contributed by atoms with E-state index in [9.17, 15) is 4.79 Å². The van der Waals surface area contributed by atoms with Gasteiger partial charge in [-0.25, -0.2) is 4.79 Å². The second-order valence-corrected chi connectivity index (χ2v) is 6.35. The number of hydrogen-bond donors (Lipinski definition) is 2. The predicted octanol–water partition coefficient (Wildman–Crippen LogP) is 1.07. The highest BCUT2D eigenvalue weighted by Gasteiger charge is 2.14. The van der Waals surface area contributed by atoms with Crippen LogP contribution in [0.15, 0.2) is 12.4 Å². The fourth-order valence-electron chi connectivity index (χ4n) is 2.90. The van der Waals surface area contributed by atoms with Gasteiger partial charge in [0.05, 0.1) is 25.0 Å². The van der Waals surface area contributed by atoms with Crippen molar-refractivity contribution in [3.05, 3.63) is 12.4 Å². The molecule has 1 aliphatic heterocycles. The summed E-state index contributed by atoms with van der Waals surface area (Å²) in [5.41, 5.74) is 0.697. The van der Waals surface area contributed by atoms with Crippen molar-refractivity contribution >= 4 is 11.7 Å². The van der Waals surface area contributed by atoms with Gasteiger partial charge in [-0.3, -0.25) is 4.68 Å². The Hall–Kier alpha value is -1.64. The highest BCUT2D eigenvalue weighted by Crippen LogP contribution is 2.05. The van der Waals surface area contributed by atoms with Crippen LogP contribution < -0.4 is 10.6 Å². The lowest BCUT2D eigenvalue weighted by Gasteiger charge is -2.33. The molecule has 8 nitrogen and oxygen atoms in total. The first-order valence-electron chi connectivity index (χ1n) is 9.22. The number of unbranched alkanes of at least 4 members (excludes halogenated alkanes) is 1. The standard InChI is InChI=1S/C17H32N6O2/c1-3-21-8-10-22(11-9-21)7-5-4-6-18-17(24)20-16-14-19-23(15-16)12-13-25-2/h14-15H,3-13H2,1-2H3,(H2,18,20,24). The molecule has 0 aromatic carbocycles. The molecule has 1 saturated heterocycles. The Morgan fingerprint density at radius 2 is 1.96 bits per heavy atom. The zero-order chi connectivity index (χ0) is 17.9. The van der Waals surface area contributed by atoms with Crippen molar-refractivity contribution in [3.8, 4) is 0 Å². The van der Waals surface area contributed by atoms with E-state index in [2.05, 4.69) is 32.5 Å². The maximum absolute atomic E-state index is 11.9. The minimum atomic E-state index is -0.178. The third-order valence-corrected chi connectivity index (χ3v) is 4.51. The number of carbonyl (C=O) groups is 1. The van der Waals surface area contributed by atoms with Crippen molar-refractivity contribution in [3.63, 3.8) is 0 Å². The van der Waals surface area contributed by atoms with Gasteiger partial charge in [0.15, 0.2) is 0 Å². The van der Waals surface area contributed by atoms with Crippen LogP contribution in [0, 0.1) is 0 Å². The van der Waals surface area contributed by atoms with Gasteiger partial charge in [-0.2, -0.15) is 5.10 Å². The van der Waals surface area contributed by atoms with E-state index in [0.717, 1.165) is 39.0 Å². The highest BCUT2D eigenvalue weighted by molar-refractivity contribution is 5.88. The fourth-order valence-corrected chi connectivity index (χ4v) is 2.90. The summed E-state index contributed by atoms with van der Waals surface area (Å²) in [4.78, 5) is 16.9. The smallest absolute Gasteiger partial charge is 0.319 e. The maximum Gasteiger partial charge on any atom is 0.319 e. The molecule has 2 N–H and O–H groups in total. The summed E-state index contributed by atoms with van der Waals surface area (Å²) in [5, 5.41) is 9.86. The molecule has 0 saturated carbocycles. The lowest BCUT2D eigenvalue weighted by atomic mass is 10.2. The number of ether oxygens (including phenoxy) is 1. The Balaban J connectivity index is 1.51. The van der Waals surface area contributed by atoms with Crippen LogP contribution in [0.25, 0.3) is 0 Å². The number of amides is 2. The molecule has 25 heavy (non-hydrogen) atoms. The number of nitrogens with zero attached hydrogens (tertiary/aromatic N) is 4. The Labute approximate surface area is 150 Å². The largest absolute Gasteiger partial charge is 0.383 e. The second-order valence-electron chi connectivity index (χ2n) is 6.35. The van der Waals surface area contributed by atoms with Gasteiger partial charge in [0, 0.05) is 46.0 Å². The fraction of sp³-hybridized carbons (Fsp3) is 0.765. The van der Waals surface area contributed by atoms with E-state index in [1.165, 1.54) is 13.1 Å². The summed E-state index contributed by atoms with van der Waals surface area (Å²) in [6, 6.07) is -0.178. The van der Waals surface area contributed by atoms with E-state index in [0.29, 0.717) is 25.4 Å². The van der Waals surface area contributed by atoms with Crippen molar-refractivity contribution < 1.29 is 9.53 Å². The van der Waals surface area contributed by atoms with Gasteiger partial charge < -0.3 is 25.2 Å². The van der Waals surface area contributed by atoms with Crippen LogP contribution in [0.4, 0.5) is 10.5 Å². The molecule has 0 unspecified atom stereocenters. The highest BCUT2D eigenvalue weighted by atomic mass is 16.5. The first kappa shape index (κ1) is 19.7. The SMILES string of the molecule is CCN1CCN(CCCCNC(=O)Nc2cnn(CCOC)c2)CC1. The van der Waals surface area contributed by atoms with Crippen molar-refractivity contribution in [2.45, 2.75) is 26.3 Å². The van der Waals surface area contributed by atoms with E-state index in [-0.39, 0.29) is 6.03 Å². The summed E-state index contributed by atoms with van der Waals surface area (Å²) in [5.74, 6) is 0. The van der Waals surface area contributed by atoms with Gasteiger partial charge >= 0.3 is 6.03 Å². The molecule has 2 heterocycles. The molecule has 2 amide bonds. The summed E-state index contributed by atoms with van der Waals surface area (Å²) in [6.45, 7) is 11.1. The van der Waals surface area contributed by atoms with Crippen LogP contribution in [0.1, 0.15) is 19.8 Å². The molecule has 0 aliphatic carbocycles. The minimum Gasteiger partial charge on any atom is -0.383 e. The van der Waals surface area contributed by atoms with Crippen LogP contribution in [0.5, 0.6) is 0 Å². The van der Waals surface area contributed by atoms with E-state index < -0.39 is 0 Å². The molecular formula is C17H32N6O2. The lowest BCUT2D eigenvalue weighted by Crippen LogP contribution is -2.46. The van der Waals surface area contributed by atoms with Crippen molar-refractivity contribution in [1.29, 1.82) is 0 Å². The Bertz CT molecular complexity index is 499. The molecule has 8 heteroatoms. The lowest BCUT2D eigenvalue weighted by molar-refractivity contribution is 0.136. The third kappa shape index (κ3) is 7.41. The van der Waals surface area contributed by atoms with Crippen LogP contribution in [-0.2, 0) is 11.3 Å². The van der Waals surface area contributed by atoms with Crippen molar-refractivity contribution in [2.75, 3.05) is 64.8 Å². The van der Waals surface area contributed by atoms with Gasteiger partial charge in [-0.05, 0) is 25.9 Å². The monoisotopic (exact) mass is 352 g/mol. The Kier molecular flexibility index (Phi) is 8.71.